The molecule has 0 unspecified atom stereocenters. The number of halogens is 1. The molecule has 2 aliphatic heterocycles. The maximum atomic E-state index is 6.13. The van der Waals surface area contributed by atoms with Crippen LogP contribution in [-0.4, -0.2) is 58.4 Å². The van der Waals surface area contributed by atoms with Crippen molar-refractivity contribution in [2.75, 3.05) is 37.7 Å². The van der Waals surface area contributed by atoms with E-state index in [0.29, 0.717) is 11.9 Å². The number of ether oxygens (including phenoxy) is 1. The van der Waals surface area contributed by atoms with E-state index in [0.717, 1.165) is 49.9 Å². The van der Waals surface area contributed by atoms with Crippen molar-refractivity contribution in [1.29, 1.82) is 0 Å². The molecule has 0 aromatic carbocycles. The van der Waals surface area contributed by atoms with Crippen LogP contribution in [0, 0.1) is 5.92 Å². The van der Waals surface area contributed by atoms with Gasteiger partial charge in [0, 0.05) is 56.9 Å². The second-order valence-electron chi connectivity index (χ2n) is 5.52. The SMILES string of the molecule is Cn1nccc1[C@@H]1OCC[C@H]1CN=C(N)N1CCSCC1.I. The largest absolute Gasteiger partial charge is 0.372 e. The Morgan fingerprint density at radius 3 is 2.95 bits per heavy atom. The molecule has 3 rings (SSSR count). The monoisotopic (exact) mass is 437 g/mol. The molecule has 0 spiro atoms. The first kappa shape index (κ1) is 17.9. The fourth-order valence-electron chi connectivity index (χ4n) is 2.91. The topological polar surface area (TPSA) is 68.7 Å². The first-order valence-corrected chi connectivity index (χ1v) is 8.63. The Hall–Kier alpha value is -0.480. The lowest BCUT2D eigenvalue weighted by atomic mass is 9.99. The Bertz CT molecular complexity index is 503. The summed E-state index contributed by atoms with van der Waals surface area (Å²) < 4.78 is 7.77. The van der Waals surface area contributed by atoms with Crippen LogP contribution in [0.2, 0.25) is 0 Å². The first-order chi connectivity index (χ1) is 10.3. The highest BCUT2D eigenvalue weighted by molar-refractivity contribution is 14.0. The number of nitrogens with zero attached hydrogens (tertiary/aromatic N) is 4. The number of rotatable bonds is 3. The summed E-state index contributed by atoms with van der Waals surface area (Å²) in [6.07, 6.45) is 2.94. The fraction of sp³-hybridized carbons (Fsp3) is 0.714. The normalized spacial score (nSPS) is 26.0. The average Bonchev–Trinajstić information content (AvgIpc) is 3.13. The molecule has 0 bridgehead atoms. The van der Waals surface area contributed by atoms with E-state index in [2.05, 4.69) is 15.0 Å². The van der Waals surface area contributed by atoms with Gasteiger partial charge in [-0.3, -0.25) is 9.67 Å². The van der Waals surface area contributed by atoms with Crippen LogP contribution in [-0.2, 0) is 11.8 Å². The van der Waals surface area contributed by atoms with Crippen molar-refractivity contribution < 1.29 is 4.74 Å². The molecule has 3 heterocycles. The van der Waals surface area contributed by atoms with E-state index in [9.17, 15) is 0 Å². The molecular formula is C14H24IN5OS. The standard InChI is InChI=1S/C14H23N5OS.HI/c1-18-12(2-4-17-18)13-11(3-7-20-13)10-16-14(15)19-5-8-21-9-6-19;/h2,4,11,13H,3,5-10H2,1H3,(H2,15,16);1H/t11-,13+;/m0./s1. The summed E-state index contributed by atoms with van der Waals surface area (Å²) in [4.78, 5) is 6.81. The average molecular weight is 437 g/mol. The van der Waals surface area contributed by atoms with Crippen LogP contribution in [0.25, 0.3) is 0 Å². The van der Waals surface area contributed by atoms with Gasteiger partial charge in [0.05, 0.1) is 5.69 Å². The molecule has 2 fully saturated rings. The van der Waals surface area contributed by atoms with Gasteiger partial charge in [0.1, 0.15) is 6.10 Å². The highest BCUT2D eigenvalue weighted by Gasteiger charge is 2.31. The molecule has 1 aromatic rings. The molecule has 1 aromatic heterocycles. The third-order valence-corrected chi connectivity index (χ3v) is 5.13. The number of aryl methyl sites for hydroxylation is 1. The van der Waals surface area contributed by atoms with Crippen molar-refractivity contribution in [3.63, 3.8) is 0 Å². The zero-order valence-corrected chi connectivity index (χ0v) is 16.0. The summed E-state index contributed by atoms with van der Waals surface area (Å²) in [5, 5.41) is 4.23. The van der Waals surface area contributed by atoms with Gasteiger partial charge in [-0.25, -0.2) is 0 Å². The molecule has 2 N–H and O–H groups in total. The van der Waals surface area contributed by atoms with Crippen LogP contribution < -0.4 is 5.73 Å². The maximum Gasteiger partial charge on any atom is 0.191 e. The van der Waals surface area contributed by atoms with Crippen molar-refractivity contribution in [2.24, 2.45) is 23.7 Å². The number of aromatic nitrogens is 2. The quantitative estimate of drug-likeness (QED) is 0.441. The van der Waals surface area contributed by atoms with Gasteiger partial charge in [0.2, 0.25) is 0 Å². The highest BCUT2D eigenvalue weighted by Crippen LogP contribution is 2.34. The number of thioether (sulfide) groups is 1. The van der Waals surface area contributed by atoms with Crippen molar-refractivity contribution in [3.8, 4) is 0 Å². The van der Waals surface area contributed by atoms with E-state index in [1.54, 1.807) is 0 Å². The van der Waals surface area contributed by atoms with E-state index in [-0.39, 0.29) is 30.1 Å². The number of aliphatic imine (C=N–C) groups is 1. The summed E-state index contributed by atoms with van der Waals surface area (Å²) in [6, 6.07) is 2.03. The second-order valence-corrected chi connectivity index (χ2v) is 6.74. The smallest absolute Gasteiger partial charge is 0.191 e. The predicted octanol–water partition coefficient (Wildman–Crippen LogP) is 1.48. The van der Waals surface area contributed by atoms with E-state index in [1.807, 2.05) is 35.8 Å². The molecule has 22 heavy (non-hydrogen) atoms. The number of nitrogens with two attached hydrogens (primary N) is 1. The summed E-state index contributed by atoms with van der Waals surface area (Å²) in [5.41, 5.74) is 7.25. The lowest BCUT2D eigenvalue weighted by molar-refractivity contribution is 0.0858. The summed E-state index contributed by atoms with van der Waals surface area (Å²) in [6.45, 7) is 3.53. The van der Waals surface area contributed by atoms with Gasteiger partial charge < -0.3 is 15.4 Å². The third-order valence-electron chi connectivity index (χ3n) is 4.19. The van der Waals surface area contributed by atoms with Crippen LogP contribution >= 0.6 is 35.7 Å². The minimum atomic E-state index is 0. The molecule has 6 nitrogen and oxygen atoms in total. The predicted molar refractivity (Wildman–Crippen MR) is 101 cm³/mol. The van der Waals surface area contributed by atoms with Crippen LogP contribution in [0.4, 0.5) is 0 Å². The number of hydrogen-bond donors (Lipinski definition) is 1. The van der Waals surface area contributed by atoms with Crippen LogP contribution in [0.5, 0.6) is 0 Å². The van der Waals surface area contributed by atoms with Gasteiger partial charge in [-0.2, -0.15) is 16.9 Å². The highest BCUT2D eigenvalue weighted by atomic mass is 127. The molecule has 2 aliphatic rings. The Morgan fingerprint density at radius 1 is 1.50 bits per heavy atom. The van der Waals surface area contributed by atoms with Crippen LogP contribution in [0.3, 0.4) is 0 Å². The number of guanidine groups is 1. The molecule has 8 heteroatoms. The van der Waals surface area contributed by atoms with E-state index < -0.39 is 0 Å². The van der Waals surface area contributed by atoms with Crippen molar-refractivity contribution in [2.45, 2.75) is 12.5 Å². The van der Waals surface area contributed by atoms with Gasteiger partial charge in [-0.05, 0) is 12.5 Å². The lowest BCUT2D eigenvalue weighted by Gasteiger charge is -2.27. The molecule has 2 atom stereocenters. The molecule has 0 amide bonds. The molecule has 0 radical (unpaired) electrons. The summed E-state index contributed by atoms with van der Waals surface area (Å²) in [5.74, 6) is 3.35. The summed E-state index contributed by atoms with van der Waals surface area (Å²) >= 11 is 1.98. The Balaban J connectivity index is 0.00000176. The van der Waals surface area contributed by atoms with E-state index in [4.69, 9.17) is 10.5 Å². The van der Waals surface area contributed by atoms with Gasteiger partial charge in [0.15, 0.2) is 5.96 Å². The minimum absolute atomic E-state index is 0. The van der Waals surface area contributed by atoms with Gasteiger partial charge in [-0.15, -0.1) is 24.0 Å². The van der Waals surface area contributed by atoms with Gasteiger partial charge >= 0.3 is 0 Å². The Labute approximate surface area is 152 Å². The Kier molecular flexibility index (Phi) is 6.82. The van der Waals surface area contributed by atoms with Crippen LogP contribution in [0.15, 0.2) is 17.3 Å². The molecule has 0 aliphatic carbocycles. The fourth-order valence-corrected chi connectivity index (χ4v) is 3.82. The molecule has 124 valence electrons. The minimum Gasteiger partial charge on any atom is -0.372 e. The zero-order valence-electron chi connectivity index (χ0n) is 12.9. The second kappa shape index (κ2) is 8.39. The van der Waals surface area contributed by atoms with Gasteiger partial charge in [0.25, 0.3) is 0 Å². The molecule has 2 saturated heterocycles. The third kappa shape index (κ3) is 4.08. The molecule has 0 saturated carbocycles. The van der Waals surface area contributed by atoms with Crippen molar-refractivity contribution in [1.82, 2.24) is 14.7 Å². The Morgan fingerprint density at radius 2 is 2.27 bits per heavy atom. The van der Waals surface area contributed by atoms with Crippen LogP contribution in [0.1, 0.15) is 18.2 Å². The van der Waals surface area contributed by atoms with E-state index >= 15 is 0 Å². The van der Waals surface area contributed by atoms with E-state index in [1.165, 1.54) is 0 Å². The molecular weight excluding hydrogens is 413 g/mol. The lowest BCUT2D eigenvalue weighted by Crippen LogP contribution is -2.43. The first-order valence-electron chi connectivity index (χ1n) is 7.48. The van der Waals surface area contributed by atoms with Crippen molar-refractivity contribution in [3.05, 3.63) is 18.0 Å². The summed E-state index contributed by atoms with van der Waals surface area (Å²) in [7, 11) is 1.96. The van der Waals surface area contributed by atoms with Gasteiger partial charge in [-0.1, -0.05) is 0 Å². The number of hydrogen-bond acceptors (Lipinski definition) is 4. The zero-order chi connectivity index (χ0) is 14.7. The van der Waals surface area contributed by atoms with Crippen molar-refractivity contribution >= 4 is 41.7 Å². The maximum absolute atomic E-state index is 6.13.